The molecule has 0 saturated heterocycles. The summed E-state index contributed by atoms with van der Waals surface area (Å²) < 4.78 is 27.3. The third kappa shape index (κ3) is 1.74. The maximum Gasteiger partial charge on any atom is 0.382 e. The molecule has 0 amide bonds. The van der Waals surface area contributed by atoms with Crippen molar-refractivity contribution in [3.63, 3.8) is 0 Å². The molecule has 0 spiro atoms. The van der Waals surface area contributed by atoms with E-state index in [4.69, 9.17) is 11.6 Å². The van der Waals surface area contributed by atoms with Crippen LogP contribution in [0.25, 0.3) is 0 Å². The molecule has 0 aliphatic carbocycles. The van der Waals surface area contributed by atoms with Crippen LogP contribution in [0, 0.1) is 0 Å². The first kappa shape index (κ1) is 8.10. The summed E-state index contributed by atoms with van der Waals surface area (Å²) in [4.78, 5) is 3.17. The second-order valence-corrected chi connectivity index (χ2v) is 3.18. The quantitative estimate of drug-likeness (QED) is 0.658. The first-order valence-corrected chi connectivity index (χ1v) is 3.59. The molecule has 10 heavy (non-hydrogen) atoms. The summed E-state index contributed by atoms with van der Waals surface area (Å²) in [5.74, 6) is -0.746. The van der Waals surface area contributed by atoms with Crippen molar-refractivity contribution in [1.29, 1.82) is 0 Å². The van der Waals surface area contributed by atoms with E-state index in [9.17, 15) is 8.78 Å². The van der Waals surface area contributed by atoms with Gasteiger partial charge in [-0.1, -0.05) is 0 Å². The van der Waals surface area contributed by atoms with Gasteiger partial charge in [0.1, 0.15) is 0 Å². The Hall–Kier alpha value is -0.0000000000000000833. The van der Waals surface area contributed by atoms with Gasteiger partial charge in [0.15, 0.2) is 0 Å². The highest BCUT2D eigenvalue weighted by Crippen LogP contribution is 2.31. The molecule has 1 aromatic rings. The van der Waals surface area contributed by atoms with Crippen LogP contribution in [-0.2, 0) is 5.38 Å². The minimum absolute atomic E-state index is 0.0460. The Morgan fingerprint density at radius 1 is 1.50 bits per heavy atom. The minimum Gasteiger partial charge on any atom is -0.201 e. The second kappa shape index (κ2) is 2.56. The molecule has 2 nitrogen and oxygen atoms in total. The van der Waals surface area contributed by atoms with Gasteiger partial charge in [0.05, 0.1) is 0 Å². The molecule has 56 valence electrons. The molecule has 0 aliphatic heterocycles. The lowest BCUT2D eigenvalue weighted by Gasteiger charge is -1.98. The van der Waals surface area contributed by atoms with Gasteiger partial charge in [0.2, 0.25) is 10.3 Å². The molecular formula is C3Cl2F2N2S. The predicted octanol–water partition coefficient (Wildman–Crippen LogP) is 2.48. The lowest BCUT2D eigenvalue weighted by Crippen LogP contribution is -2.05. The Balaban J connectivity index is 2.96. The van der Waals surface area contributed by atoms with E-state index in [1.54, 1.807) is 0 Å². The summed E-state index contributed by atoms with van der Waals surface area (Å²) in [6.45, 7) is 0. The SMILES string of the molecule is FC(F)(Cl)c1nsc(Cl)n1. The second-order valence-electron chi connectivity index (χ2n) is 1.37. The standard InChI is InChI=1S/C3Cl2F2N2S/c4-2-8-1(9-10-2)3(5,6)7. The highest BCUT2D eigenvalue weighted by Gasteiger charge is 2.32. The highest BCUT2D eigenvalue weighted by atomic mass is 35.5. The molecule has 1 rings (SSSR count). The molecule has 0 aliphatic rings. The van der Waals surface area contributed by atoms with Crippen molar-refractivity contribution >= 4 is 34.7 Å². The average molecular weight is 205 g/mol. The van der Waals surface area contributed by atoms with Crippen molar-refractivity contribution in [3.8, 4) is 0 Å². The minimum atomic E-state index is -3.51. The number of alkyl halides is 3. The van der Waals surface area contributed by atoms with E-state index in [1.165, 1.54) is 0 Å². The number of hydrogen-bond acceptors (Lipinski definition) is 3. The maximum atomic E-state index is 12.1. The Kier molecular flexibility index (Phi) is 2.07. The van der Waals surface area contributed by atoms with E-state index in [0.29, 0.717) is 11.5 Å². The highest BCUT2D eigenvalue weighted by molar-refractivity contribution is 7.10. The fourth-order valence-electron chi connectivity index (χ4n) is 0.320. The molecule has 0 bridgehead atoms. The molecule has 0 atom stereocenters. The van der Waals surface area contributed by atoms with E-state index in [0.717, 1.165) is 0 Å². The van der Waals surface area contributed by atoms with Gasteiger partial charge < -0.3 is 0 Å². The fraction of sp³-hybridized carbons (Fsp3) is 0.333. The molecule has 0 aromatic carbocycles. The van der Waals surface area contributed by atoms with Gasteiger partial charge in [-0.2, -0.15) is 13.2 Å². The van der Waals surface area contributed by atoms with Crippen LogP contribution in [-0.4, -0.2) is 9.36 Å². The van der Waals surface area contributed by atoms with Crippen molar-refractivity contribution in [2.75, 3.05) is 0 Å². The summed E-state index contributed by atoms with van der Waals surface area (Å²) in [7, 11) is 0. The Bertz CT molecular complexity index is 233. The van der Waals surface area contributed by atoms with Crippen LogP contribution < -0.4 is 0 Å². The van der Waals surface area contributed by atoms with Crippen molar-refractivity contribution in [2.24, 2.45) is 0 Å². The van der Waals surface area contributed by atoms with Crippen LogP contribution >= 0.6 is 34.7 Å². The van der Waals surface area contributed by atoms with E-state index >= 15 is 0 Å². The normalized spacial score (nSPS) is 12.0. The van der Waals surface area contributed by atoms with Gasteiger partial charge in [-0.3, -0.25) is 0 Å². The summed E-state index contributed by atoms with van der Waals surface area (Å²) >= 11 is 10.5. The van der Waals surface area contributed by atoms with Gasteiger partial charge in [0.25, 0.3) is 0 Å². The van der Waals surface area contributed by atoms with Gasteiger partial charge in [-0.05, 0) is 34.7 Å². The molecule has 1 aromatic heterocycles. The zero-order valence-corrected chi connectivity index (χ0v) is 6.64. The number of aromatic nitrogens is 2. The largest absolute Gasteiger partial charge is 0.382 e. The van der Waals surface area contributed by atoms with Crippen LogP contribution in [0.4, 0.5) is 8.78 Å². The van der Waals surface area contributed by atoms with Gasteiger partial charge >= 0.3 is 5.38 Å². The van der Waals surface area contributed by atoms with Gasteiger partial charge in [0, 0.05) is 0 Å². The summed E-state index contributed by atoms with van der Waals surface area (Å²) in [5.41, 5.74) is 0. The summed E-state index contributed by atoms with van der Waals surface area (Å²) in [5, 5.41) is -3.51. The molecule has 0 N–H and O–H groups in total. The Labute approximate surface area is 69.0 Å². The van der Waals surface area contributed by atoms with Crippen molar-refractivity contribution in [1.82, 2.24) is 9.36 Å². The first-order chi connectivity index (χ1) is 4.50. The molecule has 0 unspecified atom stereocenters. The van der Waals surface area contributed by atoms with Crippen molar-refractivity contribution < 1.29 is 8.78 Å². The monoisotopic (exact) mass is 204 g/mol. The lowest BCUT2D eigenvalue weighted by atomic mass is 10.7. The zero-order valence-electron chi connectivity index (χ0n) is 4.31. The van der Waals surface area contributed by atoms with Crippen LogP contribution in [0.2, 0.25) is 4.47 Å². The summed E-state index contributed by atoms with van der Waals surface area (Å²) in [6.07, 6.45) is 0. The van der Waals surface area contributed by atoms with Crippen LogP contribution in [0.1, 0.15) is 5.82 Å². The number of nitrogens with zero attached hydrogens (tertiary/aromatic N) is 2. The number of halogens is 4. The van der Waals surface area contributed by atoms with Gasteiger partial charge in [-0.25, -0.2) is 4.98 Å². The third-order valence-corrected chi connectivity index (χ3v) is 1.62. The first-order valence-electron chi connectivity index (χ1n) is 2.06. The molecule has 1 heterocycles. The Morgan fingerprint density at radius 3 is 2.30 bits per heavy atom. The topological polar surface area (TPSA) is 25.8 Å². The van der Waals surface area contributed by atoms with Crippen LogP contribution in [0.3, 0.4) is 0 Å². The molecule has 7 heteroatoms. The van der Waals surface area contributed by atoms with Crippen molar-refractivity contribution in [3.05, 3.63) is 10.3 Å². The van der Waals surface area contributed by atoms with E-state index in [1.807, 2.05) is 0 Å². The zero-order chi connectivity index (χ0) is 7.78. The smallest absolute Gasteiger partial charge is 0.201 e. The fourth-order valence-corrected chi connectivity index (χ4v) is 1.08. The van der Waals surface area contributed by atoms with Crippen LogP contribution in [0.5, 0.6) is 0 Å². The molecule has 0 saturated carbocycles. The maximum absolute atomic E-state index is 12.1. The molecular weight excluding hydrogens is 205 g/mol. The van der Waals surface area contributed by atoms with Crippen molar-refractivity contribution in [2.45, 2.75) is 5.38 Å². The number of rotatable bonds is 1. The van der Waals surface area contributed by atoms with E-state index in [-0.39, 0.29) is 4.47 Å². The summed E-state index contributed by atoms with van der Waals surface area (Å²) in [6, 6.07) is 0. The third-order valence-electron chi connectivity index (χ3n) is 0.655. The molecule has 0 fully saturated rings. The van der Waals surface area contributed by atoms with Crippen LogP contribution in [0.15, 0.2) is 0 Å². The number of hydrogen-bond donors (Lipinski definition) is 0. The van der Waals surface area contributed by atoms with E-state index in [2.05, 4.69) is 21.0 Å². The lowest BCUT2D eigenvalue weighted by molar-refractivity contribution is 0.0859. The van der Waals surface area contributed by atoms with E-state index < -0.39 is 11.2 Å². The average Bonchev–Trinajstić information content (AvgIpc) is 2.11. The predicted molar refractivity (Wildman–Crippen MR) is 34.7 cm³/mol. The molecule has 0 radical (unpaired) electrons. The van der Waals surface area contributed by atoms with Gasteiger partial charge in [-0.15, -0.1) is 0 Å². The Morgan fingerprint density at radius 2 is 2.10 bits per heavy atom.